The summed E-state index contributed by atoms with van der Waals surface area (Å²) in [5.41, 5.74) is 1.36. The number of benzene rings is 1. The van der Waals surface area contributed by atoms with Gasteiger partial charge in [0.25, 0.3) is 0 Å². The quantitative estimate of drug-likeness (QED) is 0.747. The Kier molecular flexibility index (Phi) is 4.95. The van der Waals surface area contributed by atoms with E-state index in [1.54, 1.807) is 24.4 Å². The van der Waals surface area contributed by atoms with E-state index in [2.05, 4.69) is 20.3 Å². The molecule has 4 rings (SSSR count). The van der Waals surface area contributed by atoms with Crippen molar-refractivity contribution < 1.29 is 13.7 Å². The minimum absolute atomic E-state index is 0.0601. The highest BCUT2D eigenvalue weighted by Gasteiger charge is 2.25. The first-order chi connectivity index (χ1) is 13.2. The van der Waals surface area contributed by atoms with Crippen molar-refractivity contribution in [3.05, 3.63) is 53.9 Å². The molecule has 1 saturated heterocycles. The first kappa shape index (κ1) is 17.4. The van der Waals surface area contributed by atoms with E-state index >= 15 is 0 Å². The second kappa shape index (κ2) is 7.69. The standard InChI is InChI=1S/C19H20FN5O2/c20-15-6-2-1-5-14(15)19-22-17(27-24-19)7-8-18(26)25-11-3-4-13(12-25)16-9-10-21-23-16/h1-2,5-6,9-10,13H,3-4,7-8,11-12H2,(H,21,23)/t13-/m1/s1. The average molecular weight is 369 g/mol. The number of piperidine rings is 1. The molecular formula is C19H20FN5O2. The van der Waals surface area contributed by atoms with Gasteiger partial charge in [0.05, 0.1) is 5.56 Å². The first-order valence-corrected chi connectivity index (χ1v) is 9.05. The molecule has 0 spiro atoms. The van der Waals surface area contributed by atoms with Gasteiger partial charge in [0.2, 0.25) is 17.6 Å². The first-order valence-electron chi connectivity index (χ1n) is 9.05. The third-order valence-electron chi connectivity index (χ3n) is 4.87. The Labute approximate surface area is 155 Å². The monoisotopic (exact) mass is 369 g/mol. The minimum atomic E-state index is -0.404. The molecule has 1 atom stereocenters. The number of likely N-dealkylation sites (tertiary alicyclic amines) is 1. The van der Waals surface area contributed by atoms with Gasteiger partial charge in [-0.3, -0.25) is 9.89 Å². The summed E-state index contributed by atoms with van der Waals surface area (Å²) in [7, 11) is 0. The van der Waals surface area contributed by atoms with Gasteiger partial charge in [-0.25, -0.2) is 4.39 Å². The normalized spacial score (nSPS) is 17.2. The van der Waals surface area contributed by atoms with Gasteiger partial charge >= 0.3 is 0 Å². The lowest BCUT2D eigenvalue weighted by atomic mass is 9.94. The number of hydrogen-bond donors (Lipinski definition) is 1. The zero-order valence-corrected chi connectivity index (χ0v) is 14.8. The molecular weight excluding hydrogens is 349 g/mol. The number of carbonyl (C=O) groups is 1. The number of amides is 1. The van der Waals surface area contributed by atoms with Crippen LogP contribution >= 0.6 is 0 Å². The van der Waals surface area contributed by atoms with Crippen molar-refractivity contribution in [2.45, 2.75) is 31.6 Å². The molecule has 0 bridgehead atoms. The molecule has 3 heterocycles. The number of carbonyl (C=O) groups excluding carboxylic acids is 1. The van der Waals surface area contributed by atoms with Crippen molar-refractivity contribution in [3.8, 4) is 11.4 Å². The maximum absolute atomic E-state index is 13.8. The van der Waals surface area contributed by atoms with E-state index in [-0.39, 0.29) is 23.7 Å². The van der Waals surface area contributed by atoms with Crippen LogP contribution in [0.2, 0.25) is 0 Å². The molecule has 27 heavy (non-hydrogen) atoms. The Bertz CT molecular complexity index is 908. The number of nitrogens with zero attached hydrogens (tertiary/aromatic N) is 4. The van der Waals surface area contributed by atoms with E-state index in [4.69, 9.17) is 4.52 Å². The van der Waals surface area contributed by atoms with Crippen LogP contribution < -0.4 is 0 Å². The number of rotatable bonds is 5. The number of halogens is 1. The van der Waals surface area contributed by atoms with Gasteiger partial charge in [-0.15, -0.1) is 0 Å². The molecule has 1 amide bonds. The molecule has 1 fully saturated rings. The number of nitrogens with one attached hydrogen (secondary N) is 1. The lowest BCUT2D eigenvalue weighted by molar-refractivity contribution is -0.132. The lowest BCUT2D eigenvalue weighted by Crippen LogP contribution is -2.39. The Morgan fingerprint density at radius 3 is 3.04 bits per heavy atom. The molecule has 1 aromatic carbocycles. The third kappa shape index (κ3) is 3.89. The fourth-order valence-corrected chi connectivity index (χ4v) is 3.43. The lowest BCUT2D eigenvalue weighted by Gasteiger charge is -2.32. The van der Waals surface area contributed by atoms with Crippen molar-refractivity contribution in [2.24, 2.45) is 0 Å². The molecule has 1 aliphatic heterocycles. The summed E-state index contributed by atoms with van der Waals surface area (Å²) in [6.07, 6.45) is 4.37. The summed E-state index contributed by atoms with van der Waals surface area (Å²) in [4.78, 5) is 18.7. The van der Waals surface area contributed by atoms with Gasteiger partial charge in [-0.1, -0.05) is 17.3 Å². The highest BCUT2D eigenvalue weighted by molar-refractivity contribution is 5.76. The predicted octanol–water partition coefficient (Wildman–Crippen LogP) is 2.94. The molecule has 8 heteroatoms. The Morgan fingerprint density at radius 2 is 2.22 bits per heavy atom. The molecule has 0 radical (unpaired) electrons. The zero-order valence-electron chi connectivity index (χ0n) is 14.8. The smallest absolute Gasteiger partial charge is 0.227 e. The summed E-state index contributed by atoms with van der Waals surface area (Å²) in [6.45, 7) is 1.44. The maximum atomic E-state index is 13.8. The number of aromatic nitrogens is 4. The van der Waals surface area contributed by atoms with Crippen LogP contribution in [0.3, 0.4) is 0 Å². The SMILES string of the molecule is O=C(CCc1nc(-c2ccccc2F)no1)N1CCC[C@@H](c2ccn[nH]2)C1. The summed E-state index contributed by atoms with van der Waals surface area (Å²) in [5.74, 6) is 0.488. The molecule has 3 aromatic rings. The van der Waals surface area contributed by atoms with Crippen molar-refractivity contribution in [1.29, 1.82) is 0 Å². The topological polar surface area (TPSA) is 87.9 Å². The van der Waals surface area contributed by atoms with Crippen molar-refractivity contribution in [2.75, 3.05) is 13.1 Å². The zero-order chi connectivity index (χ0) is 18.6. The average Bonchev–Trinajstić information content (AvgIpc) is 3.39. The fourth-order valence-electron chi connectivity index (χ4n) is 3.43. The van der Waals surface area contributed by atoms with Crippen LogP contribution in [-0.2, 0) is 11.2 Å². The van der Waals surface area contributed by atoms with Crippen LogP contribution in [0.4, 0.5) is 4.39 Å². The molecule has 0 unspecified atom stereocenters. The van der Waals surface area contributed by atoms with Crippen LogP contribution in [-0.4, -0.2) is 44.2 Å². The van der Waals surface area contributed by atoms with Crippen LogP contribution in [0.15, 0.2) is 41.1 Å². The van der Waals surface area contributed by atoms with Crippen LogP contribution in [0.5, 0.6) is 0 Å². The van der Waals surface area contributed by atoms with Gasteiger partial charge in [0.1, 0.15) is 5.82 Å². The van der Waals surface area contributed by atoms with E-state index in [1.165, 1.54) is 6.07 Å². The van der Waals surface area contributed by atoms with E-state index in [9.17, 15) is 9.18 Å². The molecule has 140 valence electrons. The number of aryl methyl sites for hydroxylation is 1. The van der Waals surface area contributed by atoms with Gasteiger partial charge in [-0.2, -0.15) is 10.1 Å². The van der Waals surface area contributed by atoms with Crippen LogP contribution in [0.1, 0.15) is 36.8 Å². The second-order valence-corrected chi connectivity index (χ2v) is 6.68. The third-order valence-corrected chi connectivity index (χ3v) is 4.87. The molecule has 7 nitrogen and oxygen atoms in total. The Morgan fingerprint density at radius 1 is 1.33 bits per heavy atom. The highest BCUT2D eigenvalue weighted by Crippen LogP contribution is 2.26. The maximum Gasteiger partial charge on any atom is 0.227 e. The van der Waals surface area contributed by atoms with Crippen LogP contribution in [0, 0.1) is 5.82 Å². The molecule has 1 N–H and O–H groups in total. The van der Waals surface area contributed by atoms with E-state index in [1.807, 2.05) is 11.0 Å². The highest BCUT2D eigenvalue weighted by atomic mass is 19.1. The van der Waals surface area contributed by atoms with E-state index < -0.39 is 5.82 Å². The van der Waals surface area contributed by atoms with Gasteiger partial charge in [0.15, 0.2) is 0 Å². The molecule has 2 aromatic heterocycles. The van der Waals surface area contributed by atoms with E-state index in [0.29, 0.717) is 24.8 Å². The van der Waals surface area contributed by atoms with Gasteiger partial charge < -0.3 is 9.42 Å². The molecule has 0 saturated carbocycles. The van der Waals surface area contributed by atoms with Crippen molar-refractivity contribution in [3.63, 3.8) is 0 Å². The summed E-state index contributed by atoms with van der Waals surface area (Å²) < 4.78 is 19.0. The fraction of sp³-hybridized carbons (Fsp3) is 0.368. The summed E-state index contributed by atoms with van der Waals surface area (Å²) >= 11 is 0. The second-order valence-electron chi connectivity index (χ2n) is 6.68. The van der Waals surface area contributed by atoms with Crippen molar-refractivity contribution >= 4 is 5.91 Å². The largest absolute Gasteiger partial charge is 0.342 e. The Balaban J connectivity index is 1.35. The molecule has 1 aliphatic rings. The van der Waals surface area contributed by atoms with Crippen molar-refractivity contribution in [1.82, 2.24) is 25.2 Å². The van der Waals surface area contributed by atoms with E-state index in [0.717, 1.165) is 25.1 Å². The Hall–Kier alpha value is -3.03. The van der Waals surface area contributed by atoms with Gasteiger partial charge in [-0.05, 0) is 31.0 Å². The minimum Gasteiger partial charge on any atom is -0.342 e. The number of H-pyrrole nitrogens is 1. The molecule has 0 aliphatic carbocycles. The van der Waals surface area contributed by atoms with Crippen LogP contribution in [0.25, 0.3) is 11.4 Å². The number of aromatic amines is 1. The summed E-state index contributed by atoms with van der Waals surface area (Å²) in [6, 6.07) is 8.22. The number of hydrogen-bond acceptors (Lipinski definition) is 5. The summed E-state index contributed by atoms with van der Waals surface area (Å²) in [5, 5.41) is 10.8. The van der Waals surface area contributed by atoms with Gasteiger partial charge in [0, 0.05) is 43.7 Å². The predicted molar refractivity (Wildman–Crippen MR) is 95.2 cm³/mol.